The number of imidazole rings is 1. The van der Waals surface area contributed by atoms with Gasteiger partial charge in [0.25, 0.3) is 0 Å². The molecule has 0 spiro atoms. The average molecular weight is 677 g/mol. The molecule has 3 rings (SSSR count). The first-order valence-corrected chi connectivity index (χ1v) is 12.4. The van der Waals surface area contributed by atoms with Crippen molar-refractivity contribution in [3.05, 3.63) is 41.0 Å². The molecule has 11 nitrogen and oxygen atoms in total. The van der Waals surface area contributed by atoms with E-state index in [1.807, 2.05) is 30.3 Å². The molecule has 0 radical (unpaired) electrons. The highest BCUT2D eigenvalue weighted by Gasteiger charge is 2.38. The van der Waals surface area contributed by atoms with Crippen molar-refractivity contribution in [3.63, 3.8) is 0 Å². The molecule has 42 heavy (non-hydrogen) atoms. The quantitative estimate of drug-likeness (QED) is 0.246. The lowest BCUT2D eigenvalue weighted by molar-refractivity contribution is -0.193. The van der Waals surface area contributed by atoms with Crippen LogP contribution in [0.2, 0.25) is 0 Å². The fourth-order valence-corrected chi connectivity index (χ4v) is 3.10. The molecular formula is C24H27BrF6N4O7. The Bertz CT molecular complexity index is 1220. The summed E-state index contributed by atoms with van der Waals surface area (Å²) in [5, 5.41) is 14.2. The number of carboxylic acids is 2. The van der Waals surface area contributed by atoms with E-state index in [4.69, 9.17) is 34.0 Å². The number of pyridine rings is 1. The lowest BCUT2D eigenvalue weighted by atomic mass is 10.2. The molecule has 0 aliphatic heterocycles. The molecule has 0 aliphatic rings. The summed E-state index contributed by atoms with van der Waals surface area (Å²) in [6, 6.07) is 9.85. The maximum Gasteiger partial charge on any atom is 0.490 e. The zero-order valence-electron chi connectivity index (χ0n) is 22.1. The van der Waals surface area contributed by atoms with E-state index in [0.717, 1.165) is 52.4 Å². The molecule has 0 aliphatic carbocycles. The predicted molar refractivity (Wildman–Crippen MR) is 140 cm³/mol. The SMILES string of the molecule is COCCN(CCOC)CCOc1ccc(-c2nc3cc(Br)cnc3[nH]2)cc1.O=C(O)C(F)(F)F.O=C(O)C(F)(F)F. The van der Waals surface area contributed by atoms with Crippen LogP contribution in [0.15, 0.2) is 41.0 Å². The Morgan fingerprint density at radius 3 is 1.83 bits per heavy atom. The molecule has 0 unspecified atom stereocenters. The number of aromatic amines is 1. The second-order valence-electron chi connectivity index (χ2n) is 7.91. The van der Waals surface area contributed by atoms with Crippen LogP contribution in [0.1, 0.15) is 0 Å². The first-order valence-electron chi connectivity index (χ1n) is 11.6. The third-order valence-electron chi connectivity index (χ3n) is 4.82. The van der Waals surface area contributed by atoms with Crippen molar-refractivity contribution >= 4 is 39.0 Å². The highest BCUT2D eigenvalue weighted by molar-refractivity contribution is 9.10. The van der Waals surface area contributed by atoms with Gasteiger partial charge in [-0.05, 0) is 46.3 Å². The number of ether oxygens (including phenoxy) is 3. The Balaban J connectivity index is 0.000000522. The topological polar surface area (TPSA) is 147 Å². The molecule has 0 fully saturated rings. The number of hydrogen-bond donors (Lipinski definition) is 3. The maximum absolute atomic E-state index is 10.6. The Morgan fingerprint density at radius 2 is 1.38 bits per heavy atom. The average Bonchev–Trinajstić information content (AvgIpc) is 3.33. The van der Waals surface area contributed by atoms with Crippen LogP contribution < -0.4 is 4.74 Å². The van der Waals surface area contributed by atoms with Gasteiger partial charge in [-0.3, -0.25) is 4.90 Å². The van der Waals surface area contributed by atoms with Gasteiger partial charge in [-0.1, -0.05) is 0 Å². The number of H-pyrrole nitrogens is 1. The molecule has 0 saturated carbocycles. The van der Waals surface area contributed by atoms with Crippen molar-refractivity contribution in [2.45, 2.75) is 12.4 Å². The standard InChI is InChI=1S/C20H25BrN4O3.2C2HF3O2/c1-26-10-7-25(8-11-27-2)9-12-28-17-5-3-15(4-6-17)19-23-18-13-16(21)14-22-20(18)24-19;2*3-2(4,5)1(6)7/h3-6,13-14H,7-12H2,1-2H3,(H,22,23,24);2*(H,6,7). The summed E-state index contributed by atoms with van der Waals surface area (Å²) in [6.07, 6.45) is -8.41. The molecule has 3 aromatic rings. The molecular weight excluding hydrogens is 650 g/mol. The Hall–Kier alpha value is -3.48. The predicted octanol–water partition coefficient (Wildman–Crippen LogP) is 4.63. The molecule has 0 saturated heterocycles. The number of carbonyl (C=O) groups is 2. The summed E-state index contributed by atoms with van der Waals surface area (Å²) in [4.78, 5) is 32.2. The van der Waals surface area contributed by atoms with Crippen LogP contribution in [0.4, 0.5) is 26.3 Å². The van der Waals surface area contributed by atoms with E-state index < -0.39 is 24.3 Å². The zero-order chi connectivity index (χ0) is 31.9. The molecule has 0 amide bonds. The van der Waals surface area contributed by atoms with Gasteiger partial charge in [0, 0.05) is 50.1 Å². The summed E-state index contributed by atoms with van der Waals surface area (Å²) in [7, 11) is 3.42. The first kappa shape index (κ1) is 36.5. The summed E-state index contributed by atoms with van der Waals surface area (Å²) >= 11 is 3.42. The Labute approximate surface area is 243 Å². The Kier molecular flexibility index (Phi) is 15.2. The van der Waals surface area contributed by atoms with Gasteiger partial charge in [-0.15, -0.1) is 0 Å². The summed E-state index contributed by atoms with van der Waals surface area (Å²) in [5.74, 6) is -3.89. The lowest BCUT2D eigenvalue weighted by Crippen LogP contribution is -2.34. The van der Waals surface area contributed by atoms with Crippen LogP contribution in [0.5, 0.6) is 5.75 Å². The second kappa shape index (κ2) is 17.5. The van der Waals surface area contributed by atoms with E-state index >= 15 is 0 Å². The van der Waals surface area contributed by atoms with Crippen molar-refractivity contribution in [1.29, 1.82) is 0 Å². The van der Waals surface area contributed by atoms with Crippen LogP contribution in [0, 0.1) is 0 Å². The molecule has 1 aromatic carbocycles. The van der Waals surface area contributed by atoms with Crippen LogP contribution in [-0.2, 0) is 19.1 Å². The number of nitrogens with zero attached hydrogens (tertiary/aromatic N) is 3. The number of methoxy groups -OCH3 is 2. The molecule has 0 bridgehead atoms. The van der Waals surface area contributed by atoms with Crippen LogP contribution in [0.3, 0.4) is 0 Å². The molecule has 2 aromatic heterocycles. The van der Waals surface area contributed by atoms with Crippen molar-refractivity contribution < 1.29 is 60.4 Å². The molecule has 18 heteroatoms. The molecule has 3 N–H and O–H groups in total. The number of fused-ring (bicyclic) bond motifs is 1. The van der Waals surface area contributed by atoms with Crippen molar-refractivity contribution in [3.8, 4) is 17.1 Å². The first-order chi connectivity index (χ1) is 19.6. The summed E-state index contributed by atoms with van der Waals surface area (Å²) in [5.41, 5.74) is 2.59. The number of aromatic nitrogens is 3. The van der Waals surface area contributed by atoms with E-state index in [1.54, 1.807) is 20.4 Å². The lowest BCUT2D eigenvalue weighted by Gasteiger charge is -2.21. The maximum atomic E-state index is 10.6. The number of halogens is 7. The highest BCUT2D eigenvalue weighted by atomic mass is 79.9. The number of nitrogens with one attached hydrogen (secondary N) is 1. The van der Waals surface area contributed by atoms with Crippen molar-refractivity contribution in [2.24, 2.45) is 0 Å². The number of carboxylic acid groups (broad SMARTS) is 2. The fraction of sp³-hybridized carbons (Fsp3) is 0.417. The minimum atomic E-state index is -5.08. The minimum Gasteiger partial charge on any atom is -0.492 e. The van der Waals surface area contributed by atoms with Crippen LogP contribution in [0.25, 0.3) is 22.6 Å². The summed E-state index contributed by atoms with van der Waals surface area (Å²) < 4.78 is 80.6. The van der Waals surface area contributed by atoms with Gasteiger partial charge < -0.3 is 29.4 Å². The number of rotatable bonds is 11. The Morgan fingerprint density at radius 1 is 0.905 bits per heavy atom. The van der Waals surface area contributed by atoms with Gasteiger partial charge in [0.1, 0.15) is 23.7 Å². The molecule has 0 atom stereocenters. The smallest absolute Gasteiger partial charge is 0.490 e. The zero-order valence-corrected chi connectivity index (χ0v) is 23.7. The normalized spacial score (nSPS) is 11.4. The van der Waals surface area contributed by atoms with Gasteiger partial charge in [-0.25, -0.2) is 19.6 Å². The van der Waals surface area contributed by atoms with Crippen LogP contribution >= 0.6 is 15.9 Å². The van der Waals surface area contributed by atoms with E-state index in [9.17, 15) is 26.3 Å². The van der Waals surface area contributed by atoms with Gasteiger partial charge in [0.05, 0.1) is 13.2 Å². The number of alkyl halides is 6. The molecule has 234 valence electrons. The highest BCUT2D eigenvalue weighted by Crippen LogP contribution is 2.23. The monoisotopic (exact) mass is 676 g/mol. The van der Waals surface area contributed by atoms with E-state index in [-0.39, 0.29) is 0 Å². The third-order valence-corrected chi connectivity index (χ3v) is 5.25. The van der Waals surface area contributed by atoms with Gasteiger partial charge in [0.2, 0.25) is 0 Å². The molecule has 2 heterocycles. The fourth-order valence-electron chi connectivity index (χ4n) is 2.79. The van der Waals surface area contributed by atoms with E-state index in [1.165, 1.54) is 0 Å². The van der Waals surface area contributed by atoms with E-state index in [2.05, 4.69) is 35.8 Å². The third kappa shape index (κ3) is 13.9. The van der Waals surface area contributed by atoms with E-state index in [0.29, 0.717) is 19.8 Å². The minimum absolute atomic E-state index is 0.607. The second-order valence-corrected chi connectivity index (χ2v) is 8.83. The number of hydrogen-bond acceptors (Lipinski definition) is 8. The van der Waals surface area contributed by atoms with Crippen molar-refractivity contribution in [1.82, 2.24) is 19.9 Å². The van der Waals surface area contributed by atoms with Gasteiger partial charge in [-0.2, -0.15) is 26.3 Å². The summed E-state index contributed by atoms with van der Waals surface area (Å²) in [6.45, 7) is 4.54. The largest absolute Gasteiger partial charge is 0.492 e. The number of aliphatic carboxylic acids is 2. The number of benzene rings is 1. The van der Waals surface area contributed by atoms with Crippen molar-refractivity contribution in [2.75, 3.05) is 53.7 Å². The van der Waals surface area contributed by atoms with Gasteiger partial charge in [0.15, 0.2) is 5.65 Å². The van der Waals surface area contributed by atoms with Gasteiger partial charge >= 0.3 is 24.3 Å². The van der Waals surface area contributed by atoms with Crippen LogP contribution in [-0.4, -0.2) is 108 Å².